The highest BCUT2D eigenvalue weighted by Gasteiger charge is 2.41. The summed E-state index contributed by atoms with van der Waals surface area (Å²) in [5.41, 5.74) is 6.96. The lowest BCUT2D eigenvalue weighted by molar-refractivity contribution is -0.385. The number of hydrogen-bond donors (Lipinski definition) is 1. The molecule has 0 spiro atoms. The minimum absolute atomic E-state index is 0.149. The molecule has 3 atom stereocenters. The van der Waals surface area contributed by atoms with E-state index in [0.29, 0.717) is 35.0 Å². The Morgan fingerprint density at radius 1 is 1.40 bits per heavy atom. The molecule has 1 aromatic rings. The van der Waals surface area contributed by atoms with Crippen LogP contribution in [0.15, 0.2) is 18.2 Å². The smallest absolute Gasteiger partial charge is 0.273 e. The van der Waals surface area contributed by atoms with Crippen LogP contribution in [0.1, 0.15) is 18.4 Å². The van der Waals surface area contributed by atoms with Crippen LogP contribution < -0.4 is 5.73 Å². The number of nitrogens with zero attached hydrogens (tertiary/aromatic N) is 2. The zero-order valence-corrected chi connectivity index (χ0v) is 11.9. The third-order valence-electron chi connectivity index (χ3n) is 4.62. The first-order chi connectivity index (χ1) is 9.54. The number of halogens is 1. The molecule has 1 aliphatic carbocycles. The summed E-state index contributed by atoms with van der Waals surface area (Å²) < 4.78 is 0. The predicted molar refractivity (Wildman–Crippen MR) is 77.6 cm³/mol. The number of likely N-dealkylation sites (tertiary alicyclic amines) is 1. The Hall–Kier alpha value is -1.17. The molecule has 1 saturated carbocycles. The van der Waals surface area contributed by atoms with Gasteiger partial charge in [0.05, 0.1) is 4.92 Å². The summed E-state index contributed by atoms with van der Waals surface area (Å²) in [6, 6.07) is 5.05. The van der Waals surface area contributed by atoms with E-state index < -0.39 is 0 Å². The molecule has 6 heteroatoms. The highest BCUT2D eigenvalue weighted by molar-refractivity contribution is 6.30. The molecule has 3 rings (SSSR count). The molecule has 1 aliphatic heterocycles. The molecule has 0 amide bonds. The molecule has 0 aromatic heterocycles. The van der Waals surface area contributed by atoms with Gasteiger partial charge in [-0.1, -0.05) is 11.6 Å². The van der Waals surface area contributed by atoms with Gasteiger partial charge < -0.3 is 5.73 Å². The maximum Gasteiger partial charge on any atom is 0.273 e. The van der Waals surface area contributed by atoms with Gasteiger partial charge in [0.25, 0.3) is 5.69 Å². The van der Waals surface area contributed by atoms with Crippen LogP contribution >= 0.6 is 11.6 Å². The Bertz CT molecular complexity index is 537. The molecule has 0 bridgehead atoms. The molecule has 20 heavy (non-hydrogen) atoms. The van der Waals surface area contributed by atoms with Crippen molar-refractivity contribution in [3.8, 4) is 0 Å². The first-order valence-electron chi connectivity index (χ1n) is 6.95. The molecule has 108 valence electrons. The summed E-state index contributed by atoms with van der Waals surface area (Å²) in [5.74, 6) is 1.21. The van der Waals surface area contributed by atoms with Crippen molar-refractivity contribution in [3.05, 3.63) is 38.9 Å². The summed E-state index contributed by atoms with van der Waals surface area (Å²) in [5, 5.41) is 11.6. The number of benzene rings is 1. The van der Waals surface area contributed by atoms with Crippen LogP contribution in [-0.4, -0.2) is 29.0 Å². The Labute approximate surface area is 122 Å². The van der Waals surface area contributed by atoms with Gasteiger partial charge in [-0.05, 0) is 36.8 Å². The summed E-state index contributed by atoms with van der Waals surface area (Å²) in [6.45, 7) is 2.51. The van der Waals surface area contributed by atoms with E-state index in [-0.39, 0.29) is 10.6 Å². The number of hydrogen-bond acceptors (Lipinski definition) is 4. The Kier molecular flexibility index (Phi) is 3.67. The second-order valence-electron chi connectivity index (χ2n) is 5.89. The van der Waals surface area contributed by atoms with Crippen molar-refractivity contribution in [2.45, 2.75) is 25.4 Å². The highest BCUT2D eigenvalue weighted by Crippen LogP contribution is 2.38. The fraction of sp³-hybridized carbons (Fsp3) is 0.571. The highest BCUT2D eigenvalue weighted by atomic mass is 35.5. The molecule has 3 unspecified atom stereocenters. The SMILES string of the molecule is NC1CCC2CN(Cc3cc(Cl)ccc3[N+](=O)[O-])CC12. The van der Waals surface area contributed by atoms with Gasteiger partial charge in [-0.3, -0.25) is 15.0 Å². The molecule has 1 heterocycles. The zero-order chi connectivity index (χ0) is 14.3. The maximum atomic E-state index is 11.1. The lowest BCUT2D eigenvalue weighted by Gasteiger charge is -2.18. The van der Waals surface area contributed by atoms with Gasteiger partial charge in [0.2, 0.25) is 0 Å². The monoisotopic (exact) mass is 295 g/mol. The van der Waals surface area contributed by atoms with E-state index in [1.807, 2.05) is 0 Å². The van der Waals surface area contributed by atoms with Crippen LogP contribution in [0.3, 0.4) is 0 Å². The van der Waals surface area contributed by atoms with E-state index in [9.17, 15) is 10.1 Å². The third kappa shape index (κ3) is 2.53. The number of nitro benzene ring substituents is 1. The van der Waals surface area contributed by atoms with Gasteiger partial charge in [-0.25, -0.2) is 0 Å². The summed E-state index contributed by atoms with van der Waals surface area (Å²) >= 11 is 5.96. The van der Waals surface area contributed by atoms with Crippen molar-refractivity contribution < 1.29 is 4.92 Å². The number of fused-ring (bicyclic) bond motifs is 1. The van der Waals surface area contributed by atoms with Crippen molar-refractivity contribution in [1.82, 2.24) is 4.90 Å². The average molecular weight is 296 g/mol. The fourth-order valence-electron chi connectivity index (χ4n) is 3.63. The van der Waals surface area contributed by atoms with E-state index >= 15 is 0 Å². The lowest BCUT2D eigenvalue weighted by atomic mass is 9.98. The number of rotatable bonds is 3. The molecule has 2 aliphatic rings. The summed E-state index contributed by atoms with van der Waals surface area (Å²) in [4.78, 5) is 13.0. The molecule has 2 fully saturated rings. The standard InChI is InChI=1S/C14H18ClN3O2/c15-11-2-4-14(18(19)20)10(5-11)7-17-6-9-1-3-13(16)12(9)8-17/h2,4-5,9,12-13H,1,3,6-8,16H2. The van der Waals surface area contributed by atoms with Crippen LogP contribution in [0.2, 0.25) is 5.02 Å². The van der Waals surface area contributed by atoms with Crippen molar-refractivity contribution in [1.29, 1.82) is 0 Å². The normalized spacial score (nSPS) is 29.6. The van der Waals surface area contributed by atoms with Crippen LogP contribution in [0.25, 0.3) is 0 Å². The quantitative estimate of drug-likeness (QED) is 0.686. The molecule has 1 saturated heterocycles. The van der Waals surface area contributed by atoms with E-state index in [1.165, 1.54) is 12.5 Å². The van der Waals surface area contributed by atoms with Gasteiger partial charge in [-0.15, -0.1) is 0 Å². The Balaban J connectivity index is 1.76. The molecular formula is C14H18ClN3O2. The largest absolute Gasteiger partial charge is 0.327 e. The van der Waals surface area contributed by atoms with Crippen molar-refractivity contribution in [2.75, 3.05) is 13.1 Å². The molecule has 2 N–H and O–H groups in total. The predicted octanol–water partition coefficient (Wildman–Crippen LogP) is 2.42. The second-order valence-corrected chi connectivity index (χ2v) is 6.33. The first kappa shape index (κ1) is 13.8. The summed E-state index contributed by atoms with van der Waals surface area (Å²) in [7, 11) is 0. The van der Waals surface area contributed by atoms with E-state index in [0.717, 1.165) is 19.5 Å². The Morgan fingerprint density at radius 3 is 2.90 bits per heavy atom. The fourth-order valence-corrected chi connectivity index (χ4v) is 3.82. The maximum absolute atomic E-state index is 11.1. The second kappa shape index (κ2) is 5.31. The molecule has 5 nitrogen and oxygen atoms in total. The average Bonchev–Trinajstić information content (AvgIpc) is 2.92. The van der Waals surface area contributed by atoms with Crippen LogP contribution in [0, 0.1) is 22.0 Å². The van der Waals surface area contributed by atoms with E-state index in [2.05, 4.69) is 4.90 Å². The molecule has 1 aromatic carbocycles. The molecular weight excluding hydrogens is 278 g/mol. The minimum atomic E-state index is -0.339. The van der Waals surface area contributed by atoms with E-state index in [1.54, 1.807) is 12.1 Å². The van der Waals surface area contributed by atoms with Crippen molar-refractivity contribution in [2.24, 2.45) is 17.6 Å². The lowest BCUT2D eigenvalue weighted by Crippen LogP contribution is -2.30. The third-order valence-corrected chi connectivity index (χ3v) is 4.86. The van der Waals surface area contributed by atoms with Gasteiger partial charge in [0.15, 0.2) is 0 Å². The topological polar surface area (TPSA) is 72.4 Å². The van der Waals surface area contributed by atoms with Gasteiger partial charge >= 0.3 is 0 Å². The summed E-state index contributed by atoms with van der Waals surface area (Å²) in [6.07, 6.45) is 2.29. The first-order valence-corrected chi connectivity index (χ1v) is 7.33. The Morgan fingerprint density at radius 2 is 2.20 bits per heavy atom. The van der Waals surface area contributed by atoms with Gasteiger partial charge in [0.1, 0.15) is 0 Å². The molecule has 0 radical (unpaired) electrons. The van der Waals surface area contributed by atoms with Crippen molar-refractivity contribution >= 4 is 17.3 Å². The number of nitrogens with two attached hydrogens (primary N) is 1. The van der Waals surface area contributed by atoms with Crippen molar-refractivity contribution in [3.63, 3.8) is 0 Å². The van der Waals surface area contributed by atoms with Crippen LogP contribution in [-0.2, 0) is 6.54 Å². The van der Waals surface area contributed by atoms with Crippen LogP contribution in [0.4, 0.5) is 5.69 Å². The zero-order valence-electron chi connectivity index (χ0n) is 11.2. The number of nitro groups is 1. The van der Waals surface area contributed by atoms with Crippen LogP contribution in [0.5, 0.6) is 0 Å². The minimum Gasteiger partial charge on any atom is -0.327 e. The van der Waals surface area contributed by atoms with Gasteiger partial charge in [0, 0.05) is 42.3 Å². The van der Waals surface area contributed by atoms with Gasteiger partial charge in [-0.2, -0.15) is 0 Å². The van der Waals surface area contributed by atoms with E-state index in [4.69, 9.17) is 17.3 Å².